The average Bonchev–Trinajstić information content (AvgIpc) is 2.50. The summed E-state index contributed by atoms with van der Waals surface area (Å²) in [6, 6.07) is 1.88. The van der Waals surface area contributed by atoms with E-state index in [0.29, 0.717) is 0 Å². The van der Waals surface area contributed by atoms with Crippen molar-refractivity contribution in [3.05, 3.63) is 17.9 Å². The van der Waals surface area contributed by atoms with Crippen LogP contribution in [0.2, 0.25) is 0 Å². The van der Waals surface area contributed by atoms with Crippen LogP contribution in [0, 0.1) is 5.82 Å². The molecule has 0 aliphatic rings. The third-order valence-corrected chi connectivity index (χ3v) is 4.79. The van der Waals surface area contributed by atoms with Crippen molar-refractivity contribution in [2.75, 3.05) is 41.0 Å². The van der Waals surface area contributed by atoms with Crippen LogP contribution in [0.4, 0.5) is 4.39 Å². The van der Waals surface area contributed by atoms with Gasteiger partial charge in [-0.1, -0.05) is 0 Å². The monoisotopic (exact) mass is 350 g/mol. The molecule has 0 saturated carbocycles. The SMILES string of the molecule is COCCN(CC(N)=O)S(=O)(=O)c1cc(OC)c(OC)cc1F. The molecule has 1 aromatic carbocycles. The molecule has 10 heteroatoms. The standard InChI is InChI=1S/C13H19FN2O6S/c1-20-5-4-16(8-13(15)17)23(18,19)12-7-11(22-3)10(21-2)6-9(12)14/h6-7H,4-5,8H2,1-3H3,(H2,15,17). The van der Waals surface area contributed by atoms with Crippen LogP contribution in [0.25, 0.3) is 0 Å². The van der Waals surface area contributed by atoms with Gasteiger partial charge in [0.15, 0.2) is 11.5 Å². The maximum atomic E-state index is 14.2. The van der Waals surface area contributed by atoms with Crippen LogP contribution in [-0.4, -0.2) is 59.7 Å². The summed E-state index contributed by atoms with van der Waals surface area (Å²) in [6.45, 7) is -0.740. The number of halogens is 1. The van der Waals surface area contributed by atoms with Crippen LogP contribution < -0.4 is 15.2 Å². The number of ether oxygens (including phenoxy) is 3. The van der Waals surface area contributed by atoms with Gasteiger partial charge >= 0.3 is 0 Å². The summed E-state index contributed by atoms with van der Waals surface area (Å²) >= 11 is 0. The first-order chi connectivity index (χ1) is 10.8. The molecule has 0 atom stereocenters. The lowest BCUT2D eigenvalue weighted by Gasteiger charge is -2.21. The fraction of sp³-hybridized carbons (Fsp3) is 0.462. The summed E-state index contributed by atoms with van der Waals surface area (Å²) in [7, 11) is -0.363. The molecule has 0 aromatic heterocycles. The molecule has 0 spiro atoms. The number of carbonyl (C=O) groups excluding carboxylic acids is 1. The smallest absolute Gasteiger partial charge is 0.246 e. The number of amides is 1. The predicted octanol–water partition coefficient (Wildman–Crippen LogP) is -0.0347. The summed E-state index contributed by atoms with van der Waals surface area (Å²) in [5.41, 5.74) is 5.06. The summed E-state index contributed by atoms with van der Waals surface area (Å²) in [5, 5.41) is 0. The number of nitrogens with two attached hydrogens (primary N) is 1. The van der Waals surface area contributed by atoms with Crippen LogP contribution >= 0.6 is 0 Å². The fourth-order valence-electron chi connectivity index (χ4n) is 1.82. The van der Waals surface area contributed by atoms with E-state index in [9.17, 15) is 17.6 Å². The Kier molecular flexibility index (Phi) is 6.73. The van der Waals surface area contributed by atoms with Crippen molar-refractivity contribution in [3.63, 3.8) is 0 Å². The Labute approximate surface area is 134 Å². The molecule has 2 N–H and O–H groups in total. The number of methoxy groups -OCH3 is 3. The number of sulfonamides is 1. The Hall–Kier alpha value is -1.91. The van der Waals surface area contributed by atoms with E-state index in [2.05, 4.69) is 0 Å². The molecule has 0 aliphatic carbocycles. The highest BCUT2D eigenvalue weighted by atomic mass is 32.2. The molecular weight excluding hydrogens is 331 g/mol. The third-order valence-electron chi connectivity index (χ3n) is 2.93. The normalized spacial score (nSPS) is 11.5. The van der Waals surface area contributed by atoms with Gasteiger partial charge in [0, 0.05) is 25.8 Å². The van der Waals surface area contributed by atoms with Crippen LogP contribution in [-0.2, 0) is 19.6 Å². The number of hydrogen-bond acceptors (Lipinski definition) is 6. The molecule has 0 fully saturated rings. The van der Waals surface area contributed by atoms with E-state index < -0.39 is 33.2 Å². The Morgan fingerprint density at radius 1 is 1.22 bits per heavy atom. The number of nitrogens with zero attached hydrogens (tertiary/aromatic N) is 1. The minimum atomic E-state index is -4.31. The second kappa shape index (κ2) is 8.09. The molecule has 1 aromatic rings. The molecule has 1 amide bonds. The lowest BCUT2D eigenvalue weighted by atomic mass is 10.3. The zero-order chi connectivity index (χ0) is 17.6. The zero-order valence-electron chi connectivity index (χ0n) is 13.0. The molecule has 0 aliphatic heterocycles. The third kappa shape index (κ3) is 4.53. The number of primary amides is 1. The average molecular weight is 350 g/mol. The number of benzene rings is 1. The number of carbonyl (C=O) groups is 1. The maximum absolute atomic E-state index is 14.2. The predicted molar refractivity (Wildman–Crippen MR) is 79.3 cm³/mol. The van der Waals surface area contributed by atoms with Crippen LogP contribution in [0.1, 0.15) is 0 Å². The van der Waals surface area contributed by atoms with E-state index >= 15 is 0 Å². The van der Waals surface area contributed by atoms with Crippen molar-refractivity contribution in [3.8, 4) is 11.5 Å². The topological polar surface area (TPSA) is 108 Å². The minimum absolute atomic E-state index is 0.0153. The first kappa shape index (κ1) is 19.1. The largest absolute Gasteiger partial charge is 0.493 e. The van der Waals surface area contributed by atoms with E-state index in [1.807, 2.05) is 0 Å². The molecule has 0 heterocycles. The van der Waals surface area contributed by atoms with E-state index in [4.69, 9.17) is 19.9 Å². The molecule has 0 bridgehead atoms. The van der Waals surface area contributed by atoms with Crippen LogP contribution in [0.5, 0.6) is 11.5 Å². The molecular formula is C13H19FN2O6S. The minimum Gasteiger partial charge on any atom is -0.493 e. The lowest BCUT2D eigenvalue weighted by molar-refractivity contribution is -0.118. The summed E-state index contributed by atoms with van der Waals surface area (Å²) < 4.78 is 54.8. The lowest BCUT2D eigenvalue weighted by Crippen LogP contribution is -2.40. The Morgan fingerprint density at radius 2 is 1.78 bits per heavy atom. The highest BCUT2D eigenvalue weighted by molar-refractivity contribution is 7.89. The van der Waals surface area contributed by atoms with Crippen molar-refractivity contribution in [2.45, 2.75) is 4.90 Å². The molecule has 0 radical (unpaired) electrons. The summed E-state index contributed by atoms with van der Waals surface area (Å²) in [4.78, 5) is 10.5. The van der Waals surface area contributed by atoms with Gasteiger partial charge in [0.1, 0.15) is 10.7 Å². The van der Waals surface area contributed by atoms with Crippen molar-refractivity contribution < 1.29 is 31.8 Å². The molecule has 8 nitrogen and oxygen atoms in total. The van der Waals surface area contributed by atoms with E-state index in [0.717, 1.165) is 16.4 Å². The van der Waals surface area contributed by atoms with E-state index in [1.54, 1.807) is 0 Å². The van der Waals surface area contributed by atoms with Gasteiger partial charge in [-0.3, -0.25) is 4.79 Å². The molecule has 23 heavy (non-hydrogen) atoms. The van der Waals surface area contributed by atoms with Gasteiger partial charge in [-0.2, -0.15) is 4.31 Å². The van der Waals surface area contributed by atoms with Crippen LogP contribution in [0.15, 0.2) is 17.0 Å². The Balaban J connectivity index is 3.35. The molecule has 1 rings (SSSR count). The maximum Gasteiger partial charge on any atom is 0.246 e. The quantitative estimate of drug-likeness (QED) is 0.670. The van der Waals surface area contributed by atoms with E-state index in [-0.39, 0.29) is 24.7 Å². The fourth-order valence-corrected chi connectivity index (χ4v) is 3.28. The van der Waals surface area contributed by atoms with Gasteiger partial charge in [-0.15, -0.1) is 0 Å². The van der Waals surface area contributed by atoms with Crippen molar-refractivity contribution >= 4 is 15.9 Å². The van der Waals surface area contributed by atoms with Crippen LogP contribution in [0.3, 0.4) is 0 Å². The first-order valence-corrected chi connectivity index (χ1v) is 7.90. The van der Waals surface area contributed by atoms with Gasteiger partial charge in [-0.25, -0.2) is 12.8 Å². The van der Waals surface area contributed by atoms with E-state index in [1.165, 1.54) is 21.3 Å². The highest BCUT2D eigenvalue weighted by Gasteiger charge is 2.30. The van der Waals surface area contributed by atoms with Gasteiger partial charge in [0.2, 0.25) is 15.9 Å². The Bertz CT molecular complexity index is 665. The molecule has 0 saturated heterocycles. The van der Waals surface area contributed by atoms with Crippen molar-refractivity contribution in [1.29, 1.82) is 0 Å². The number of rotatable bonds is 9. The summed E-state index contributed by atoms with van der Waals surface area (Å²) in [5.74, 6) is -1.82. The second-order valence-electron chi connectivity index (χ2n) is 4.44. The van der Waals surface area contributed by atoms with Gasteiger partial charge in [0.05, 0.1) is 27.4 Å². The molecule has 130 valence electrons. The first-order valence-electron chi connectivity index (χ1n) is 6.46. The van der Waals surface area contributed by atoms with Crippen molar-refractivity contribution in [2.24, 2.45) is 5.73 Å². The zero-order valence-corrected chi connectivity index (χ0v) is 13.9. The van der Waals surface area contributed by atoms with Gasteiger partial charge in [0.25, 0.3) is 0 Å². The van der Waals surface area contributed by atoms with Crippen molar-refractivity contribution in [1.82, 2.24) is 4.31 Å². The summed E-state index contributed by atoms with van der Waals surface area (Å²) in [6.07, 6.45) is 0. The highest BCUT2D eigenvalue weighted by Crippen LogP contribution is 2.33. The molecule has 0 unspecified atom stereocenters. The second-order valence-corrected chi connectivity index (χ2v) is 6.34. The Morgan fingerprint density at radius 3 is 2.26 bits per heavy atom. The van der Waals surface area contributed by atoms with Gasteiger partial charge in [-0.05, 0) is 0 Å². The van der Waals surface area contributed by atoms with Gasteiger partial charge < -0.3 is 19.9 Å². The number of hydrogen-bond donors (Lipinski definition) is 1.